The lowest BCUT2D eigenvalue weighted by Gasteiger charge is -2.19. The van der Waals surface area contributed by atoms with Gasteiger partial charge in [0, 0.05) is 19.2 Å². The van der Waals surface area contributed by atoms with Crippen molar-refractivity contribution in [1.29, 1.82) is 0 Å². The minimum atomic E-state index is -0.524. The summed E-state index contributed by atoms with van der Waals surface area (Å²) in [6, 6.07) is 7.82. The van der Waals surface area contributed by atoms with E-state index < -0.39 is 11.7 Å². The number of amides is 2. The normalized spacial score (nSPS) is 11.3. The van der Waals surface area contributed by atoms with Crippen LogP contribution in [0, 0.1) is 6.92 Å². The quantitative estimate of drug-likeness (QED) is 0.649. The molecule has 5 heteroatoms. The fourth-order valence-electron chi connectivity index (χ4n) is 1.66. The molecule has 22 heavy (non-hydrogen) atoms. The number of hydrogen-bond donors (Lipinski definition) is 2. The zero-order valence-electron chi connectivity index (χ0n) is 13.6. The molecule has 1 aromatic rings. The van der Waals surface area contributed by atoms with Crippen LogP contribution in [0.25, 0.3) is 6.08 Å². The van der Waals surface area contributed by atoms with Crippen molar-refractivity contribution < 1.29 is 14.3 Å². The SMILES string of the molecule is Cc1ccccc1/C=C/C(=O)NCCNC(=O)OC(C)(C)C. The molecular formula is C17H24N2O3. The molecule has 0 saturated heterocycles. The number of benzene rings is 1. The molecule has 0 aromatic heterocycles. The maximum Gasteiger partial charge on any atom is 0.407 e. The molecule has 0 radical (unpaired) electrons. The first-order valence-corrected chi connectivity index (χ1v) is 7.26. The van der Waals surface area contributed by atoms with Gasteiger partial charge in [0.1, 0.15) is 5.60 Å². The van der Waals surface area contributed by atoms with Crippen LogP contribution in [0.4, 0.5) is 4.79 Å². The molecule has 5 nitrogen and oxygen atoms in total. The van der Waals surface area contributed by atoms with E-state index in [0.29, 0.717) is 13.1 Å². The fraction of sp³-hybridized carbons (Fsp3) is 0.412. The highest BCUT2D eigenvalue weighted by Crippen LogP contribution is 2.08. The van der Waals surface area contributed by atoms with Crippen molar-refractivity contribution in [3.63, 3.8) is 0 Å². The highest BCUT2D eigenvalue weighted by Gasteiger charge is 2.15. The summed E-state index contributed by atoms with van der Waals surface area (Å²) in [5.41, 5.74) is 1.59. The lowest BCUT2D eigenvalue weighted by atomic mass is 10.1. The molecular weight excluding hydrogens is 280 g/mol. The molecule has 0 spiro atoms. The van der Waals surface area contributed by atoms with Crippen molar-refractivity contribution in [2.45, 2.75) is 33.3 Å². The second-order valence-corrected chi connectivity index (χ2v) is 5.91. The van der Waals surface area contributed by atoms with Gasteiger partial charge in [0.25, 0.3) is 0 Å². The van der Waals surface area contributed by atoms with Crippen molar-refractivity contribution in [3.8, 4) is 0 Å². The third-order valence-corrected chi connectivity index (χ3v) is 2.70. The predicted molar refractivity (Wildman–Crippen MR) is 87.5 cm³/mol. The highest BCUT2D eigenvalue weighted by molar-refractivity contribution is 5.91. The van der Waals surface area contributed by atoms with E-state index in [4.69, 9.17) is 4.74 Å². The minimum Gasteiger partial charge on any atom is -0.444 e. The molecule has 0 fully saturated rings. The average molecular weight is 304 g/mol. The van der Waals surface area contributed by atoms with Gasteiger partial charge in [0.2, 0.25) is 5.91 Å². The number of carbonyl (C=O) groups excluding carboxylic acids is 2. The van der Waals surface area contributed by atoms with Gasteiger partial charge in [-0.3, -0.25) is 4.79 Å². The summed E-state index contributed by atoms with van der Waals surface area (Å²) >= 11 is 0. The maximum atomic E-state index is 11.7. The summed E-state index contributed by atoms with van der Waals surface area (Å²) in [6.07, 6.45) is 2.76. The maximum absolute atomic E-state index is 11.7. The zero-order chi connectivity index (χ0) is 16.6. The number of aryl methyl sites for hydroxylation is 1. The number of hydrogen-bond acceptors (Lipinski definition) is 3. The lowest BCUT2D eigenvalue weighted by Crippen LogP contribution is -2.37. The van der Waals surface area contributed by atoms with Crippen LogP contribution in [-0.4, -0.2) is 30.7 Å². The van der Waals surface area contributed by atoms with Crippen molar-refractivity contribution in [1.82, 2.24) is 10.6 Å². The molecule has 1 rings (SSSR count). The summed E-state index contributed by atoms with van der Waals surface area (Å²) in [5.74, 6) is -0.200. The Hall–Kier alpha value is -2.30. The number of carbonyl (C=O) groups is 2. The standard InChI is InChI=1S/C17H24N2O3/c1-13-7-5-6-8-14(13)9-10-15(20)18-11-12-19-16(21)22-17(2,3)4/h5-10H,11-12H2,1-4H3,(H,18,20)(H,19,21)/b10-9+. The fourth-order valence-corrected chi connectivity index (χ4v) is 1.66. The van der Waals surface area contributed by atoms with E-state index in [9.17, 15) is 9.59 Å². The number of ether oxygens (including phenoxy) is 1. The smallest absolute Gasteiger partial charge is 0.407 e. The summed E-state index contributed by atoms with van der Waals surface area (Å²) in [6.45, 7) is 8.04. The Morgan fingerprint density at radius 3 is 2.41 bits per heavy atom. The first kappa shape index (κ1) is 17.8. The van der Waals surface area contributed by atoms with Crippen molar-refractivity contribution >= 4 is 18.1 Å². The molecule has 0 aliphatic heterocycles. The Kier molecular flexibility index (Phi) is 6.63. The Balaban J connectivity index is 2.27. The summed E-state index contributed by atoms with van der Waals surface area (Å²) in [4.78, 5) is 23.1. The summed E-state index contributed by atoms with van der Waals surface area (Å²) < 4.78 is 5.09. The van der Waals surface area contributed by atoms with Crippen LogP contribution in [0.1, 0.15) is 31.9 Å². The van der Waals surface area contributed by atoms with E-state index in [-0.39, 0.29) is 5.91 Å². The van der Waals surface area contributed by atoms with E-state index in [1.165, 1.54) is 6.08 Å². The second kappa shape index (κ2) is 8.22. The summed E-state index contributed by atoms with van der Waals surface area (Å²) in [7, 11) is 0. The van der Waals surface area contributed by atoms with Crippen LogP contribution in [0.2, 0.25) is 0 Å². The van der Waals surface area contributed by atoms with E-state index in [1.807, 2.05) is 31.2 Å². The molecule has 0 unspecified atom stereocenters. The monoisotopic (exact) mass is 304 g/mol. The molecule has 0 aliphatic rings. The van der Waals surface area contributed by atoms with Gasteiger partial charge in [0.15, 0.2) is 0 Å². The van der Waals surface area contributed by atoms with Crippen LogP contribution in [-0.2, 0) is 9.53 Å². The minimum absolute atomic E-state index is 0.200. The van der Waals surface area contributed by atoms with Gasteiger partial charge in [-0.15, -0.1) is 0 Å². The van der Waals surface area contributed by atoms with Gasteiger partial charge in [-0.2, -0.15) is 0 Å². The molecule has 0 bridgehead atoms. The molecule has 1 aromatic carbocycles. The molecule has 2 N–H and O–H groups in total. The van der Waals surface area contributed by atoms with Gasteiger partial charge >= 0.3 is 6.09 Å². The second-order valence-electron chi connectivity index (χ2n) is 5.91. The highest BCUT2D eigenvalue weighted by atomic mass is 16.6. The zero-order valence-corrected chi connectivity index (χ0v) is 13.6. The van der Waals surface area contributed by atoms with E-state index in [1.54, 1.807) is 26.8 Å². The van der Waals surface area contributed by atoms with Crippen molar-refractivity contribution in [2.24, 2.45) is 0 Å². The Morgan fingerprint density at radius 1 is 1.14 bits per heavy atom. The summed E-state index contributed by atoms with van der Waals surface area (Å²) in [5, 5.41) is 5.27. The van der Waals surface area contributed by atoms with Crippen LogP contribution in [0.3, 0.4) is 0 Å². The van der Waals surface area contributed by atoms with Crippen molar-refractivity contribution in [2.75, 3.05) is 13.1 Å². The van der Waals surface area contributed by atoms with Gasteiger partial charge in [-0.1, -0.05) is 24.3 Å². The predicted octanol–water partition coefficient (Wildman–Crippen LogP) is 2.65. The van der Waals surface area contributed by atoms with E-state index >= 15 is 0 Å². The Labute approximate surface area is 131 Å². The van der Waals surface area contributed by atoms with Crippen LogP contribution < -0.4 is 10.6 Å². The van der Waals surface area contributed by atoms with Crippen molar-refractivity contribution in [3.05, 3.63) is 41.5 Å². The molecule has 0 saturated carbocycles. The Morgan fingerprint density at radius 2 is 1.77 bits per heavy atom. The molecule has 2 amide bonds. The first-order valence-electron chi connectivity index (χ1n) is 7.26. The first-order chi connectivity index (χ1) is 10.3. The topological polar surface area (TPSA) is 67.4 Å². The van der Waals surface area contributed by atoms with Gasteiger partial charge < -0.3 is 15.4 Å². The third-order valence-electron chi connectivity index (χ3n) is 2.70. The number of alkyl carbamates (subject to hydrolysis) is 1. The van der Waals surface area contributed by atoms with Crippen LogP contribution in [0.15, 0.2) is 30.3 Å². The van der Waals surface area contributed by atoms with E-state index in [0.717, 1.165) is 11.1 Å². The molecule has 0 aliphatic carbocycles. The average Bonchev–Trinajstić information content (AvgIpc) is 2.41. The molecule has 0 atom stereocenters. The molecule has 0 heterocycles. The van der Waals surface area contributed by atoms with E-state index in [2.05, 4.69) is 10.6 Å². The molecule has 120 valence electrons. The largest absolute Gasteiger partial charge is 0.444 e. The third kappa shape index (κ3) is 7.47. The Bertz CT molecular complexity index is 545. The van der Waals surface area contributed by atoms with Gasteiger partial charge in [0.05, 0.1) is 0 Å². The lowest BCUT2D eigenvalue weighted by molar-refractivity contribution is -0.116. The van der Waals surface area contributed by atoms with Crippen LogP contribution >= 0.6 is 0 Å². The van der Waals surface area contributed by atoms with Crippen LogP contribution in [0.5, 0.6) is 0 Å². The number of rotatable bonds is 5. The van der Waals surface area contributed by atoms with Gasteiger partial charge in [-0.05, 0) is 44.9 Å². The number of nitrogens with one attached hydrogen (secondary N) is 2. The van der Waals surface area contributed by atoms with Gasteiger partial charge in [-0.25, -0.2) is 4.79 Å².